The van der Waals surface area contributed by atoms with E-state index in [9.17, 15) is 0 Å². The van der Waals surface area contributed by atoms with E-state index in [4.69, 9.17) is 21.1 Å². The van der Waals surface area contributed by atoms with Crippen molar-refractivity contribution in [1.82, 2.24) is 0 Å². The van der Waals surface area contributed by atoms with E-state index in [1.165, 1.54) is 0 Å². The highest BCUT2D eigenvalue weighted by Crippen LogP contribution is 2.27. The van der Waals surface area contributed by atoms with Crippen molar-refractivity contribution in [2.75, 3.05) is 19.5 Å². The number of methoxy groups -OCH3 is 2. The van der Waals surface area contributed by atoms with Crippen LogP contribution < -0.4 is 14.8 Å². The Morgan fingerprint density at radius 3 is 2.55 bits per heavy atom. The van der Waals surface area contributed by atoms with E-state index in [0.29, 0.717) is 11.6 Å². The molecule has 0 fully saturated rings. The van der Waals surface area contributed by atoms with Crippen molar-refractivity contribution in [2.24, 2.45) is 0 Å². The highest BCUT2D eigenvalue weighted by atomic mass is 127. The quantitative estimate of drug-likeness (QED) is 0.742. The third-order valence-electron chi connectivity index (χ3n) is 2.89. The van der Waals surface area contributed by atoms with Gasteiger partial charge in [-0.1, -0.05) is 11.6 Å². The van der Waals surface area contributed by atoms with Gasteiger partial charge in [-0.05, 0) is 59.0 Å². The Hall–Kier alpha value is -1.14. The summed E-state index contributed by atoms with van der Waals surface area (Å²) in [5.41, 5.74) is 1.92. The lowest BCUT2D eigenvalue weighted by Gasteiger charge is -2.13. The van der Waals surface area contributed by atoms with Crippen LogP contribution in [0.3, 0.4) is 0 Å². The topological polar surface area (TPSA) is 30.5 Å². The molecule has 0 aliphatic heterocycles. The molecule has 0 heterocycles. The zero-order chi connectivity index (χ0) is 14.5. The molecule has 0 saturated heterocycles. The first-order valence-corrected chi connectivity index (χ1v) is 7.49. The Morgan fingerprint density at radius 1 is 1.10 bits per heavy atom. The Bertz CT molecular complexity index is 604. The van der Waals surface area contributed by atoms with Gasteiger partial charge in [0.2, 0.25) is 0 Å². The van der Waals surface area contributed by atoms with Crippen LogP contribution in [0.25, 0.3) is 0 Å². The van der Waals surface area contributed by atoms with E-state index in [1.54, 1.807) is 14.2 Å². The third kappa shape index (κ3) is 3.70. The lowest BCUT2D eigenvalue weighted by atomic mass is 10.2. The Labute approximate surface area is 137 Å². The van der Waals surface area contributed by atoms with E-state index >= 15 is 0 Å². The number of benzene rings is 2. The fourth-order valence-electron chi connectivity index (χ4n) is 1.84. The van der Waals surface area contributed by atoms with E-state index < -0.39 is 0 Å². The molecule has 0 aliphatic rings. The predicted octanol–water partition coefficient (Wildman–Crippen LogP) is 4.57. The molecule has 0 amide bonds. The van der Waals surface area contributed by atoms with E-state index in [-0.39, 0.29) is 0 Å². The fraction of sp³-hybridized carbons (Fsp3) is 0.200. The van der Waals surface area contributed by atoms with Crippen LogP contribution in [0.15, 0.2) is 36.4 Å². The number of nitrogens with one attached hydrogen (secondary N) is 1. The van der Waals surface area contributed by atoms with Crippen molar-refractivity contribution in [3.05, 3.63) is 50.6 Å². The Morgan fingerprint density at radius 2 is 1.90 bits per heavy atom. The molecule has 2 rings (SSSR count). The lowest BCUT2D eigenvalue weighted by Crippen LogP contribution is -2.02. The number of anilines is 1. The van der Waals surface area contributed by atoms with Crippen LogP contribution in [0, 0.1) is 3.57 Å². The maximum absolute atomic E-state index is 6.20. The van der Waals surface area contributed by atoms with E-state index in [0.717, 1.165) is 26.3 Å². The first-order chi connectivity index (χ1) is 9.63. The molecule has 0 saturated carbocycles. The van der Waals surface area contributed by atoms with E-state index in [1.807, 2.05) is 36.4 Å². The molecule has 0 bridgehead atoms. The van der Waals surface area contributed by atoms with E-state index in [2.05, 4.69) is 27.9 Å². The van der Waals surface area contributed by atoms with Crippen LogP contribution in [-0.4, -0.2) is 14.2 Å². The van der Waals surface area contributed by atoms with Crippen molar-refractivity contribution in [3.8, 4) is 11.5 Å². The van der Waals surface area contributed by atoms with Crippen molar-refractivity contribution >= 4 is 39.9 Å². The SMILES string of the molecule is COc1ccc(OC)c(CNc2ccc(I)cc2Cl)c1. The molecule has 0 unspecified atom stereocenters. The number of hydrogen-bond donors (Lipinski definition) is 1. The van der Waals surface area contributed by atoms with Crippen LogP contribution >= 0.6 is 34.2 Å². The van der Waals surface area contributed by atoms with Crippen molar-refractivity contribution in [3.63, 3.8) is 0 Å². The smallest absolute Gasteiger partial charge is 0.124 e. The van der Waals surface area contributed by atoms with Crippen LogP contribution in [0.4, 0.5) is 5.69 Å². The first kappa shape index (κ1) is 15.3. The van der Waals surface area contributed by atoms with Crippen molar-refractivity contribution < 1.29 is 9.47 Å². The zero-order valence-electron chi connectivity index (χ0n) is 11.2. The van der Waals surface area contributed by atoms with Crippen LogP contribution in [0.5, 0.6) is 11.5 Å². The summed E-state index contributed by atoms with van der Waals surface area (Å²) in [6.45, 7) is 0.612. The fourth-order valence-corrected chi connectivity index (χ4v) is 2.77. The molecular weight excluding hydrogens is 389 g/mol. The highest BCUT2D eigenvalue weighted by molar-refractivity contribution is 14.1. The molecule has 0 aromatic heterocycles. The molecule has 0 spiro atoms. The van der Waals surface area contributed by atoms with Gasteiger partial charge >= 0.3 is 0 Å². The minimum atomic E-state index is 0.612. The average Bonchev–Trinajstić information content (AvgIpc) is 2.46. The van der Waals surface area contributed by atoms with Crippen molar-refractivity contribution in [1.29, 1.82) is 0 Å². The molecule has 3 nitrogen and oxygen atoms in total. The summed E-state index contributed by atoms with van der Waals surface area (Å²) in [5.74, 6) is 1.62. The molecule has 5 heteroatoms. The molecular formula is C15H15ClINO2. The summed E-state index contributed by atoms with van der Waals surface area (Å²) in [6.07, 6.45) is 0. The van der Waals surface area contributed by atoms with Crippen LogP contribution in [0.1, 0.15) is 5.56 Å². The number of rotatable bonds is 5. The minimum absolute atomic E-state index is 0.612. The van der Waals surface area contributed by atoms with Gasteiger partial charge in [0.05, 0.1) is 24.9 Å². The molecule has 2 aromatic carbocycles. The summed E-state index contributed by atoms with van der Waals surface area (Å²) >= 11 is 8.44. The maximum atomic E-state index is 6.20. The monoisotopic (exact) mass is 403 g/mol. The largest absolute Gasteiger partial charge is 0.497 e. The van der Waals surface area contributed by atoms with Gasteiger partial charge in [0, 0.05) is 15.7 Å². The van der Waals surface area contributed by atoms with Crippen molar-refractivity contribution in [2.45, 2.75) is 6.54 Å². The second-order valence-corrected chi connectivity index (χ2v) is 5.81. The second kappa shape index (κ2) is 7.04. The first-order valence-electron chi connectivity index (χ1n) is 6.04. The molecule has 0 aliphatic carbocycles. The van der Waals surface area contributed by atoms with Gasteiger partial charge in [-0.25, -0.2) is 0 Å². The number of hydrogen-bond acceptors (Lipinski definition) is 3. The van der Waals surface area contributed by atoms with Gasteiger partial charge in [-0.2, -0.15) is 0 Å². The standard InChI is InChI=1S/C15H15ClINO2/c1-19-12-4-6-15(20-2)10(7-12)9-18-14-5-3-11(17)8-13(14)16/h3-8,18H,9H2,1-2H3. The van der Waals surface area contributed by atoms with Crippen LogP contribution in [0.2, 0.25) is 5.02 Å². The molecule has 0 radical (unpaired) electrons. The third-order valence-corrected chi connectivity index (χ3v) is 3.87. The molecule has 106 valence electrons. The van der Waals surface area contributed by atoms with Gasteiger partial charge < -0.3 is 14.8 Å². The predicted molar refractivity (Wildman–Crippen MR) is 91.0 cm³/mol. The van der Waals surface area contributed by atoms with Gasteiger partial charge in [-0.3, -0.25) is 0 Å². The van der Waals surface area contributed by atoms with Gasteiger partial charge in [0.15, 0.2) is 0 Å². The van der Waals surface area contributed by atoms with Gasteiger partial charge in [-0.15, -0.1) is 0 Å². The van der Waals surface area contributed by atoms with Crippen LogP contribution in [-0.2, 0) is 6.54 Å². The summed E-state index contributed by atoms with van der Waals surface area (Å²) in [5, 5.41) is 4.02. The lowest BCUT2D eigenvalue weighted by molar-refractivity contribution is 0.399. The Kier molecular flexibility index (Phi) is 5.37. The average molecular weight is 404 g/mol. The minimum Gasteiger partial charge on any atom is -0.497 e. The normalized spacial score (nSPS) is 10.2. The summed E-state index contributed by atoms with van der Waals surface area (Å²) in [4.78, 5) is 0. The summed E-state index contributed by atoms with van der Waals surface area (Å²) < 4.78 is 11.7. The maximum Gasteiger partial charge on any atom is 0.124 e. The zero-order valence-corrected chi connectivity index (χ0v) is 14.2. The number of halogens is 2. The molecule has 1 N–H and O–H groups in total. The Balaban J connectivity index is 2.17. The molecule has 20 heavy (non-hydrogen) atoms. The highest BCUT2D eigenvalue weighted by Gasteiger charge is 2.06. The summed E-state index contributed by atoms with van der Waals surface area (Å²) in [6, 6.07) is 11.6. The summed E-state index contributed by atoms with van der Waals surface area (Å²) in [7, 11) is 3.30. The van der Waals surface area contributed by atoms with Gasteiger partial charge in [0.25, 0.3) is 0 Å². The number of ether oxygens (including phenoxy) is 2. The molecule has 2 aromatic rings. The molecule has 0 atom stereocenters. The second-order valence-electron chi connectivity index (χ2n) is 4.16. The van der Waals surface area contributed by atoms with Gasteiger partial charge in [0.1, 0.15) is 11.5 Å².